The highest BCUT2D eigenvalue weighted by Gasteiger charge is 2.16. The molecular formula is C17H19N3O2. The number of nitrogens with one attached hydrogen (secondary N) is 1. The van der Waals surface area contributed by atoms with Gasteiger partial charge in [-0.1, -0.05) is 24.3 Å². The normalized spacial score (nSPS) is 14.7. The summed E-state index contributed by atoms with van der Waals surface area (Å²) in [5.74, 6) is 1.33. The number of anilines is 2. The Hall–Kier alpha value is -2.40. The van der Waals surface area contributed by atoms with Crippen LogP contribution in [0.5, 0.6) is 0 Å². The minimum absolute atomic E-state index is 0.148. The largest absolute Gasteiger partial charge is 0.378 e. The summed E-state index contributed by atoms with van der Waals surface area (Å²) in [6, 6.07) is 13.0. The van der Waals surface area contributed by atoms with Crippen LogP contribution in [0.4, 0.5) is 11.6 Å². The smallest absolute Gasteiger partial charge is 0.256 e. The first-order valence-corrected chi connectivity index (χ1v) is 7.41. The van der Waals surface area contributed by atoms with Crippen molar-refractivity contribution >= 4 is 17.5 Å². The van der Waals surface area contributed by atoms with Gasteiger partial charge in [0.1, 0.15) is 11.6 Å². The number of aromatic nitrogens is 1. The van der Waals surface area contributed by atoms with Crippen molar-refractivity contribution in [2.24, 2.45) is 0 Å². The number of aryl methyl sites for hydroxylation is 1. The predicted molar refractivity (Wildman–Crippen MR) is 86.4 cm³/mol. The summed E-state index contributed by atoms with van der Waals surface area (Å²) in [4.78, 5) is 19.0. The number of carbonyl (C=O) groups excluding carboxylic acids is 1. The van der Waals surface area contributed by atoms with Crippen LogP contribution in [0, 0.1) is 6.92 Å². The molecule has 1 amide bonds. The summed E-state index contributed by atoms with van der Waals surface area (Å²) in [6.45, 7) is 5.10. The number of morpholine rings is 1. The molecule has 1 saturated heterocycles. The van der Waals surface area contributed by atoms with E-state index in [0.29, 0.717) is 24.6 Å². The van der Waals surface area contributed by atoms with Gasteiger partial charge in [-0.3, -0.25) is 4.79 Å². The molecule has 0 aliphatic carbocycles. The molecular weight excluding hydrogens is 278 g/mol. The van der Waals surface area contributed by atoms with E-state index in [1.165, 1.54) is 0 Å². The number of benzene rings is 1. The Labute approximate surface area is 129 Å². The number of ether oxygens (including phenoxy) is 1. The number of nitrogens with zero attached hydrogens (tertiary/aromatic N) is 2. The van der Waals surface area contributed by atoms with E-state index in [2.05, 4.69) is 15.2 Å². The summed E-state index contributed by atoms with van der Waals surface area (Å²) in [6.07, 6.45) is 0. The van der Waals surface area contributed by atoms with Gasteiger partial charge in [-0.25, -0.2) is 4.98 Å². The predicted octanol–water partition coefficient (Wildman–Crippen LogP) is 2.48. The first-order valence-electron chi connectivity index (χ1n) is 7.41. The lowest BCUT2D eigenvalue weighted by atomic mass is 10.2. The van der Waals surface area contributed by atoms with Gasteiger partial charge in [-0.2, -0.15) is 0 Å². The second-order valence-corrected chi connectivity index (χ2v) is 5.26. The van der Waals surface area contributed by atoms with Crippen LogP contribution in [0.1, 0.15) is 15.9 Å². The van der Waals surface area contributed by atoms with E-state index in [1.807, 2.05) is 37.3 Å². The van der Waals surface area contributed by atoms with Gasteiger partial charge in [0.2, 0.25) is 0 Å². The molecule has 3 rings (SSSR count). The van der Waals surface area contributed by atoms with Crippen LogP contribution in [0.25, 0.3) is 0 Å². The molecule has 0 unspecified atom stereocenters. The monoisotopic (exact) mass is 297 g/mol. The maximum Gasteiger partial charge on any atom is 0.256 e. The Morgan fingerprint density at radius 2 is 1.86 bits per heavy atom. The zero-order valence-electron chi connectivity index (χ0n) is 12.6. The molecule has 1 aliphatic heterocycles. The van der Waals surface area contributed by atoms with Gasteiger partial charge in [-0.15, -0.1) is 0 Å². The van der Waals surface area contributed by atoms with Crippen LogP contribution in [0.2, 0.25) is 0 Å². The minimum Gasteiger partial charge on any atom is -0.378 e. The molecule has 1 aliphatic rings. The van der Waals surface area contributed by atoms with Crippen LogP contribution < -0.4 is 10.2 Å². The second kappa shape index (κ2) is 6.58. The topological polar surface area (TPSA) is 54.5 Å². The van der Waals surface area contributed by atoms with E-state index < -0.39 is 0 Å². The average Bonchev–Trinajstić information content (AvgIpc) is 2.58. The first-order chi connectivity index (χ1) is 10.7. The standard InChI is InChI=1S/C17H19N3O2/c1-13-7-8-15(18-16(13)20-9-11-22-12-10-20)19-17(21)14-5-3-2-4-6-14/h2-8H,9-12H2,1H3,(H,18,19,21). The first kappa shape index (κ1) is 14.5. The molecule has 0 spiro atoms. The summed E-state index contributed by atoms with van der Waals surface area (Å²) in [5.41, 5.74) is 1.72. The zero-order valence-corrected chi connectivity index (χ0v) is 12.6. The molecule has 0 atom stereocenters. The lowest BCUT2D eigenvalue weighted by Gasteiger charge is -2.29. The molecule has 1 aromatic carbocycles. The van der Waals surface area contributed by atoms with Crippen LogP contribution in [-0.2, 0) is 4.74 Å². The van der Waals surface area contributed by atoms with Crippen molar-refractivity contribution in [1.82, 2.24) is 4.98 Å². The van der Waals surface area contributed by atoms with E-state index in [1.54, 1.807) is 12.1 Å². The summed E-state index contributed by atoms with van der Waals surface area (Å²) < 4.78 is 5.37. The molecule has 2 heterocycles. The number of amides is 1. The quantitative estimate of drug-likeness (QED) is 0.945. The molecule has 114 valence electrons. The Kier molecular flexibility index (Phi) is 4.34. The average molecular weight is 297 g/mol. The van der Waals surface area contributed by atoms with Crippen molar-refractivity contribution in [3.8, 4) is 0 Å². The summed E-state index contributed by atoms with van der Waals surface area (Å²) in [5, 5.41) is 2.86. The molecule has 1 aromatic heterocycles. The van der Waals surface area contributed by atoms with Gasteiger partial charge in [-0.05, 0) is 30.7 Å². The van der Waals surface area contributed by atoms with E-state index in [9.17, 15) is 4.79 Å². The van der Waals surface area contributed by atoms with Crippen LogP contribution in [0.15, 0.2) is 42.5 Å². The Morgan fingerprint density at radius 3 is 2.59 bits per heavy atom. The number of rotatable bonds is 3. The van der Waals surface area contributed by atoms with Gasteiger partial charge in [0, 0.05) is 18.7 Å². The second-order valence-electron chi connectivity index (χ2n) is 5.26. The maximum atomic E-state index is 12.2. The molecule has 0 saturated carbocycles. The van der Waals surface area contributed by atoms with Crippen LogP contribution >= 0.6 is 0 Å². The van der Waals surface area contributed by atoms with Gasteiger partial charge in [0.25, 0.3) is 5.91 Å². The minimum atomic E-state index is -0.148. The molecule has 5 heteroatoms. The van der Waals surface area contributed by atoms with Crippen LogP contribution in [0.3, 0.4) is 0 Å². The third-order valence-electron chi connectivity index (χ3n) is 3.66. The molecule has 1 fully saturated rings. The lowest BCUT2D eigenvalue weighted by Crippen LogP contribution is -2.37. The fourth-order valence-electron chi connectivity index (χ4n) is 2.46. The number of carbonyl (C=O) groups is 1. The van der Waals surface area contributed by atoms with Crippen LogP contribution in [-0.4, -0.2) is 37.2 Å². The Morgan fingerprint density at radius 1 is 1.14 bits per heavy atom. The Bertz CT molecular complexity index is 652. The molecule has 5 nitrogen and oxygen atoms in total. The fourth-order valence-corrected chi connectivity index (χ4v) is 2.46. The lowest BCUT2D eigenvalue weighted by molar-refractivity contribution is 0.102. The van der Waals surface area contributed by atoms with Crippen molar-refractivity contribution in [3.05, 3.63) is 53.6 Å². The molecule has 0 bridgehead atoms. The zero-order chi connectivity index (χ0) is 15.4. The van der Waals surface area contributed by atoms with Crippen molar-refractivity contribution < 1.29 is 9.53 Å². The van der Waals surface area contributed by atoms with E-state index >= 15 is 0 Å². The highest BCUT2D eigenvalue weighted by molar-refractivity contribution is 6.03. The summed E-state index contributed by atoms with van der Waals surface area (Å²) in [7, 11) is 0. The van der Waals surface area contributed by atoms with E-state index in [0.717, 1.165) is 24.5 Å². The van der Waals surface area contributed by atoms with Gasteiger partial charge in [0.15, 0.2) is 0 Å². The number of pyridine rings is 1. The van der Waals surface area contributed by atoms with E-state index in [-0.39, 0.29) is 5.91 Å². The third kappa shape index (κ3) is 3.26. The summed E-state index contributed by atoms with van der Waals surface area (Å²) >= 11 is 0. The van der Waals surface area contributed by atoms with Crippen molar-refractivity contribution in [2.75, 3.05) is 36.5 Å². The van der Waals surface area contributed by atoms with Crippen molar-refractivity contribution in [3.63, 3.8) is 0 Å². The van der Waals surface area contributed by atoms with Gasteiger partial charge >= 0.3 is 0 Å². The maximum absolute atomic E-state index is 12.2. The Balaban J connectivity index is 1.78. The molecule has 22 heavy (non-hydrogen) atoms. The molecule has 1 N–H and O–H groups in total. The highest BCUT2D eigenvalue weighted by atomic mass is 16.5. The van der Waals surface area contributed by atoms with Gasteiger partial charge < -0.3 is 15.0 Å². The van der Waals surface area contributed by atoms with Crippen molar-refractivity contribution in [1.29, 1.82) is 0 Å². The third-order valence-corrected chi connectivity index (χ3v) is 3.66. The fraction of sp³-hybridized carbons (Fsp3) is 0.294. The SMILES string of the molecule is Cc1ccc(NC(=O)c2ccccc2)nc1N1CCOCC1. The van der Waals surface area contributed by atoms with Crippen molar-refractivity contribution in [2.45, 2.75) is 6.92 Å². The van der Waals surface area contributed by atoms with Gasteiger partial charge in [0.05, 0.1) is 13.2 Å². The molecule has 0 radical (unpaired) electrons. The number of hydrogen-bond acceptors (Lipinski definition) is 4. The van der Waals surface area contributed by atoms with E-state index in [4.69, 9.17) is 4.74 Å². The highest BCUT2D eigenvalue weighted by Crippen LogP contribution is 2.21. The molecule has 2 aromatic rings. The number of hydrogen-bond donors (Lipinski definition) is 1.